The second kappa shape index (κ2) is 3.49. The molecule has 1 aliphatic heterocycles. The summed E-state index contributed by atoms with van der Waals surface area (Å²) in [5.41, 5.74) is 7.87. The third-order valence-electron chi connectivity index (χ3n) is 4.08. The monoisotopic (exact) mass is 235 g/mol. The van der Waals surface area contributed by atoms with Crippen LogP contribution in [0.15, 0.2) is 29.2 Å². The van der Waals surface area contributed by atoms with Crippen LogP contribution in [0, 0.1) is 0 Å². The fourth-order valence-corrected chi connectivity index (χ4v) is 2.98. The van der Waals surface area contributed by atoms with Crippen LogP contribution in [0.3, 0.4) is 0 Å². The summed E-state index contributed by atoms with van der Waals surface area (Å²) in [5, 5.41) is 0. The first kappa shape index (κ1) is 10.6. The van der Waals surface area contributed by atoms with Crippen molar-refractivity contribution in [3.63, 3.8) is 0 Å². The maximum Gasteiger partial charge on any atom is 0.0603 e. The highest BCUT2D eigenvalue weighted by molar-refractivity contribution is 7.98. The van der Waals surface area contributed by atoms with Crippen LogP contribution in [0.5, 0.6) is 0 Å². The van der Waals surface area contributed by atoms with Gasteiger partial charge in [0.15, 0.2) is 0 Å². The van der Waals surface area contributed by atoms with Crippen LogP contribution < -0.4 is 5.73 Å². The average Bonchev–Trinajstić information content (AvgIpc) is 2.97. The second-order valence-corrected chi connectivity index (χ2v) is 5.84. The third kappa shape index (κ3) is 1.35. The number of ether oxygens (including phenoxy) is 1. The summed E-state index contributed by atoms with van der Waals surface area (Å²) < 4.78 is 5.43. The van der Waals surface area contributed by atoms with Crippen LogP contribution in [0.25, 0.3) is 0 Å². The minimum absolute atomic E-state index is 0.00608. The maximum absolute atomic E-state index is 6.40. The third-order valence-corrected chi connectivity index (χ3v) is 4.82. The Hall–Kier alpha value is -0.510. The van der Waals surface area contributed by atoms with Crippen LogP contribution in [-0.4, -0.2) is 25.0 Å². The van der Waals surface area contributed by atoms with Crippen LogP contribution in [0.1, 0.15) is 18.4 Å². The molecule has 3 rings (SSSR count). The molecule has 2 nitrogen and oxygen atoms in total. The minimum atomic E-state index is 0.00608. The minimum Gasteiger partial charge on any atom is -0.379 e. The van der Waals surface area contributed by atoms with Gasteiger partial charge < -0.3 is 10.5 Å². The van der Waals surface area contributed by atoms with Gasteiger partial charge >= 0.3 is 0 Å². The SMILES string of the molecule is CSc1ccc(C2(C3(N)CC3)COC2)cc1. The molecule has 86 valence electrons. The Morgan fingerprint density at radius 3 is 2.19 bits per heavy atom. The summed E-state index contributed by atoms with van der Waals surface area (Å²) in [4.78, 5) is 1.31. The van der Waals surface area contributed by atoms with E-state index in [1.54, 1.807) is 11.8 Å². The molecule has 0 bridgehead atoms. The van der Waals surface area contributed by atoms with Crippen LogP contribution >= 0.6 is 11.8 Å². The molecule has 16 heavy (non-hydrogen) atoms. The van der Waals surface area contributed by atoms with E-state index < -0.39 is 0 Å². The van der Waals surface area contributed by atoms with E-state index in [1.165, 1.54) is 10.5 Å². The van der Waals surface area contributed by atoms with E-state index in [0.717, 1.165) is 26.1 Å². The second-order valence-electron chi connectivity index (χ2n) is 4.96. The molecular formula is C13H17NOS. The van der Waals surface area contributed by atoms with Gasteiger partial charge in [0.05, 0.1) is 18.6 Å². The van der Waals surface area contributed by atoms with Gasteiger partial charge in [-0.2, -0.15) is 0 Å². The van der Waals surface area contributed by atoms with E-state index in [2.05, 4.69) is 30.5 Å². The molecule has 0 amide bonds. The van der Waals surface area contributed by atoms with Gasteiger partial charge in [0.25, 0.3) is 0 Å². The van der Waals surface area contributed by atoms with Gasteiger partial charge in [-0.15, -0.1) is 11.8 Å². The Kier molecular flexibility index (Phi) is 2.32. The fourth-order valence-electron chi connectivity index (χ4n) is 2.57. The summed E-state index contributed by atoms with van der Waals surface area (Å²) in [7, 11) is 0. The Bertz CT molecular complexity index is 393. The van der Waals surface area contributed by atoms with Gasteiger partial charge in [-0.25, -0.2) is 0 Å². The zero-order chi connectivity index (χ0) is 11.2. The van der Waals surface area contributed by atoms with E-state index in [4.69, 9.17) is 10.5 Å². The highest BCUT2D eigenvalue weighted by Gasteiger charge is 2.61. The van der Waals surface area contributed by atoms with Gasteiger partial charge in [-0.05, 0) is 36.8 Å². The summed E-state index contributed by atoms with van der Waals surface area (Å²) >= 11 is 1.77. The molecule has 2 fully saturated rings. The van der Waals surface area contributed by atoms with Gasteiger partial charge in [0.2, 0.25) is 0 Å². The Morgan fingerprint density at radius 1 is 1.19 bits per heavy atom. The molecule has 1 aromatic rings. The quantitative estimate of drug-likeness (QED) is 0.816. The first-order chi connectivity index (χ1) is 7.70. The van der Waals surface area contributed by atoms with Gasteiger partial charge in [-0.3, -0.25) is 0 Å². The molecule has 2 aliphatic rings. The standard InChI is InChI=1S/C13H17NOS/c1-16-11-4-2-10(3-5-11)12(8-15-9-12)13(14)6-7-13/h2-5H,6-9,14H2,1H3. The molecule has 0 aromatic heterocycles. The molecule has 1 heterocycles. The zero-order valence-electron chi connectivity index (χ0n) is 9.53. The Balaban J connectivity index is 1.94. The smallest absolute Gasteiger partial charge is 0.0603 e. The zero-order valence-corrected chi connectivity index (χ0v) is 10.3. The van der Waals surface area contributed by atoms with E-state index >= 15 is 0 Å². The molecule has 0 spiro atoms. The molecule has 1 aromatic carbocycles. The van der Waals surface area contributed by atoms with Crippen molar-refractivity contribution in [3.8, 4) is 0 Å². The fraction of sp³-hybridized carbons (Fsp3) is 0.538. The molecule has 3 heteroatoms. The lowest BCUT2D eigenvalue weighted by Crippen LogP contribution is -2.60. The average molecular weight is 235 g/mol. The molecule has 1 saturated carbocycles. The molecule has 0 radical (unpaired) electrons. The van der Waals surface area contributed by atoms with Crippen molar-refractivity contribution >= 4 is 11.8 Å². The Labute approximate surface area is 101 Å². The molecular weight excluding hydrogens is 218 g/mol. The number of hydrogen-bond donors (Lipinski definition) is 1. The van der Waals surface area contributed by atoms with Crippen LogP contribution in [0.2, 0.25) is 0 Å². The number of benzene rings is 1. The predicted molar refractivity (Wildman–Crippen MR) is 66.9 cm³/mol. The topological polar surface area (TPSA) is 35.2 Å². The molecule has 2 N–H and O–H groups in total. The first-order valence-corrected chi connectivity index (χ1v) is 6.94. The predicted octanol–water partition coefficient (Wildman–Crippen LogP) is 2.17. The van der Waals surface area contributed by atoms with Crippen molar-refractivity contribution in [3.05, 3.63) is 29.8 Å². The van der Waals surface area contributed by atoms with Crippen molar-refractivity contribution < 1.29 is 4.74 Å². The lowest BCUT2D eigenvalue weighted by molar-refractivity contribution is -0.0786. The molecule has 0 unspecified atom stereocenters. The van der Waals surface area contributed by atoms with E-state index in [0.29, 0.717) is 0 Å². The van der Waals surface area contributed by atoms with E-state index in [-0.39, 0.29) is 11.0 Å². The van der Waals surface area contributed by atoms with Crippen molar-refractivity contribution in [2.24, 2.45) is 5.73 Å². The maximum atomic E-state index is 6.40. The summed E-state index contributed by atoms with van der Waals surface area (Å²) in [6.45, 7) is 1.59. The lowest BCUT2D eigenvalue weighted by atomic mass is 9.71. The van der Waals surface area contributed by atoms with Gasteiger partial charge in [0, 0.05) is 10.4 Å². The van der Waals surface area contributed by atoms with E-state index in [9.17, 15) is 0 Å². The highest BCUT2D eigenvalue weighted by Crippen LogP contribution is 2.53. The van der Waals surface area contributed by atoms with Gasteiger partial charge in [0.1, 0.15) is 0 Å². The van der Waals surface area contributed by atoms with Gasteiger partial charge in [-0.1, -0.05) is 12.1 Å². The summed E-state index contributed by atoms with van der Waals surface area (Å²) in [6, 6.07) is 8.82. The van der Waals surface area contributed by atoms with Crippen molar-refractivity contribution in [2.45, 2.75) is 28.7 Å². The lowest BCUT2D eigenvalue weighted by Gasteiger charge is -2.47. The van der Waals surface area contributed by atoms with Crippen molar-refractivity contribution in [1.29, 1.82) is 0 Å². The normalized spacial score (nSPS) is 24.9. The van der Waals surface area contributed by atoms with Crippen LogP contribution in [0.4, 0.5) is 0 Å². The summed E-state index contributed by atoms with van der Waals surface area (Å²) in [6.07, 6.45) is 4.38. The van der Waals surface area contributed by atoms with Crippen molar-refractivity contribution in [1.82, 2.24) is 0 Å². The number of nitrogens with two attached hydrogens (primary N) is 1. The first-order valence-electron chi connectivity index (χ1n) is 5.71. The van der Waals surface area contributed by atoms with Crippen molar-refractivity contribution in [2.75, 3.05) is 19.5 Å². The van der Waals surface area contributed by atoms with E-state index in [1.807, 2.05) is 0 Å². The molecule has 0 atom stereocenters. The Morgan fingerprint density at radius 2 is 1.81 bits per heavy atom. The number of thioether (sulfide) groups is 1. The number of hydrogen-bond acceptors (Lipinski definition) is 3. The molecule has 1 aliphatic carbocycles. The largest absolute Gasteiger partial charge is 0.379 e. The summed E-state index contributed by atoms with van der Waals surface area (Å²) in [5.74, 6) is 0. The molecule has 1 saturated heterocycles. The van der Waals surface area contributed by atoms with Crippen LogP contribution in [-0.2, 0) is 10.2 Å². The highest BCUT2D eigenvalue weighted by atomic mass is 32.2. The number of rotatable bonds is 3.